The summed E-state index contributed by atoms with van der Waals surface area (Å²) in [6.45, 7) is 3.93. The van der Waals surface area contributed by atoms with Crippen LogP contribution in [-0.2, 0) is 24.3 Å². The van der Waals surface area contributed by atoms with Crippen molar-refractivity contribution in [3.05, 3.63) is 59.9 Å². The lowest BCUT2D eigenvalue weighted by Gasteiger charge is -2.30. The molecule has 210 valence electrons. The molecule has 0 radical (unpaired) electrons. The number of carbonyl (C=O) groups is 3. The van der Waals surface area contributed by atoms with Gasteiger partial charge in [-0.05, 0) is 73.6 Å². The normalized spacial score (nSPS) is 21.4. The van der Waals surface area contributed by atoms with Gasteiger partial charge in [0.15, 0.2) is 5.78 Å². The Hall–Kier alpha value is -3.31. The van der Waals surface area contributed by atoms with Crippen molar-refractivity contribution in [1.29, 1.82) is 0 Å². The Morgan fingerprint density at radius 1 is 1.13 bits per heavy atom. The molecule has 11 heteroatoms. The highest BCUT2D eigenvalue weighted by Gasteiger charge is 2.40. The molecule has 2 fully saturated rings. The van der Waals surface area contributed by atoms with Gasteiger partial charge in [0.05, 0.1) is 11.0 Å². The highest BCUT2D eigenvalue weighted by Crippen LogP contribution is 2.41. The third-order valence-corrected chi connectivity index (χ3v) is 8.87. The van der Waals surface area contributed by atoms with Gasteiger partial charge in [0, 0.05) is 11.3 Å². The van der Waals surface area contributed by atoms with Crippen LogP contribution in [0.3, 0.4) is 0 Å². The fourth-order valence-corrected chi connectivity index (χ4v) is 6.37. The molecule has 1 aliphatic carbocycles. The average Bonchev–Trinajstić information content (AvgIpc) is 3.48. The summed E-state index contributed by atoms with van der Waals surface area (Å²) in [5.41, 5.74) is 0.299. The Labute approximate surface area is 227 Å². The van der Waals surface area contributed by atoms with Crippen LogP contribution in [0.4, 0.5) is 10.1 Å². The Morgan fingerprint density at radius 2 is 1.82 bits per heavy atom. The molecule has 1 saturated carbocycles. The third-order valence-electron chi connectivity index (χ3n) is 7.49. The molecular weight excluding hydrogens is 525 g/mol. The van der Waals surface area contributed by atoms with Crippen molar-refractivity contribution in [2.45, 2.75) is 75.5 Å². The van der Waals surface area contributed by atoms with Gasteiger partial charge in [-0.15, -0.1) is 0 Å². The van der Waals surface area contributed by atoms with E-state index >= 15 is 0 Å². The highest BCUT2D eigenvalue weighted by molar-refractivity contribution is 7.92. The van der Waals surface area contributed by atoms with E-state index in [0.717, 1.165) is 37.8 Å². The van der Waals surface area contributed by atoms with E-state index in [4.69, 9.17) is 4.74 Å². The van der Waals surface area contributed by atoms with E-state index < -0.39 is 45.8 Å². The first-order valence-electron chi connectivity index (χ1n) is 13.1. The first-order valence-corrected chi connectivity index (χ1v) is 14.6. The first kappa shape index (κ1) is 28.7. The number of halogens is 1. The monoisotopic (exact) mass is 559 g/mol. The molecule has 1 heterocycles. The van der Waals surface area contributed by atoms with Gasteiger partial charge in [0.1, 0.15) is 24.5 Å². The maximum absolute atomic E-state index is 13.5. The Kier molecular flexibility index (Phi) is 8.70. The third kappa shape index (κ3) is 7.02. The number of hydrogen-bond donors (Lipinski definition) is 3. The molecular formula is C28H34FN3O6S. The zero-order valence-electron chi connectivity index (χ0n) is 22.0. The minimum absolute atomic E-state index is 0.0481. The van der Waals surface area contributed by atoms with Gasteiger partial charge in [-0.1, -0.05) is 32.8 Å². The van der Waals surface area contributed by atoms with Crippen LogP contribution in [-0.4, -0.2) is 50.8 Å². The van der Waals surface area contributed by atoms with Crippen LogP contribution >= 0.6 is 0 Å². The van der Waals surface area contributed by atoms with Gasteiger partial charge >= 0.3 is 0 Å². The number of benzene rings is 2. The first-order chi connectivity index (χ1) is 18.5. The Bertz CT molecular complexity index is 1330. The Morgan fingerprint density at radius 3 is 2.46 bits per heavy atom. The van der Waals surface area contributed by atoms with E-state index in [1.165, 1.54) is 36.4 Å². The summed E-state index contributed by atoms with van der Waals surface area (Å²) < 4.78 is 46.4. The van der Waals surface area contributed by atoms with Gasteiger partial charge in [0.2, 0.25) is 5.91 Å². The molecule has 1 aliphatic heterocycles. The predicted molar refractivity (Wildman–Crippen MR) is 143 cm³/mol. The van der Waals surface area contributed by atoms with Crippen molar-refractivity contribution in [2.24, 2.45) is 5.41 Å². The minimum Gasteiger partial charge on any atom is -0.368 e. The summed E-state index contributed by atoms with van der Waals surface area (Å²) in [4.78, 5) is 38.6. The molecule has 1 saturated heterocycles. The largest absolute Gasteiger partial charge is 0.368 e. The fourth-order valence-electron chi connectivity index (χ4n) is 5.28. The SMILES string of the molecule is CC[C@@H]1OCC(=O)[C@H]1NC(=O)[C@H](CC1(C)CCCC1)NC(=O)c1ccc(NS(=O)(=O)c2cccc(F)c2)cc1. The van der Waals surface area contributed by atoms with Gasteiger partial charge in [0.25, 0.3) is 15.9 Å². The maximum Gasteiger partial charge on any atom is 0.261 e. The standard InChI is InChI=1S/C28H34FN3O6S/c1-3-24-25(23(33)17-38-24)31-27(35)22(16-28(2)13-4-5-14-28)30-26(34)18-9-11-20(12-10-18)32-39(36,37)21-8-6-7-19(29)15-21/h6-12,15,22,24-25,32H,3-5,13-14,16-17H2,1-2H3,(H,30,34)(H,31,35)/t22-,24-,25+/m0/s1. The summed E-state index contributed by atoms with van der Waals surface area (Å²) in [5, 5.41) is 5.62. The molecule has 2 aliphatic rings. The molecule has 3 N–H and O–H groups in total. The molecule has 39 heavy (non-hydrogen) atoms. The lowest BCUT2D eigenvalue weighted by atomic mass is 9.81. The molecule has 2 aromatic carbocycles. The van der Waals surface area contributed by atoms with Crippen molar-refractivity contribution in [3.8, 4) is 0 Å². The van der Waals surface area contributed by atoms with Crippen molar-refractivity contribution in [3.63, 3.8) is 0 Å². The van der Waals surface area contributed by atoms with Crippen molar-refractivity contribution in [1.82, 2.24) is 10.6 Å². The van der Waals surface area contributed by atoms with Crippen molar-refractivity contribution >= 4 is 33.3 Å². The molecule has 0 aromatic heterocycles. The van der Waals surface area contributed by atoms with Gasteiger partial charge in [-0.25, -0.2) is 12.8 Å². The molecule has 9 nitrogen and oxygen atoms in total. The number of sulfonamides is 1. The molecule has 0 unspecified atom stereocenters. The van der Waals surface area contributed by atoms with Crippen molar-refractivity contribution < 1.29 is 31.9 Å². The summed E-state index contributed by atoms with van der Waals surface area (Å²) in [6.07, 6.45) is 4.59. The second kappa shape index (κ2) is 11.8. The van der Waals surface area contributed by atoms with Gasteiger partial charge < -0.3 is 15.4 Å². The quantitative estimate of drug-likeness (QED) is 0.408. The van der Waals surface area contributed by atoms with Gasteiger partial charge in [-0.2, -0.15) is 0 Å². The minimum atomic E-state index is -4.02. The van der Waals surface area contributed by atoms with E-state index in [1.807, 2.05) is 6.92 Å². The summed E-state index contributed by atoms with van der Waals surface area (Å²) in [6, 6.07) is 8.73. The van der Waals surface area contributed by atoms with Crippen LogP contribution in [0.1, 0.15) is 62.7 Å². The molecule has 2 amide bonds. The summed E-state index contributed by atoms with van der Waals surface area (Å²) in [5.74, 6) is -1.80. The maximum atomic E-state index is 13.5. The molecule has 0 bridgehead atoms. The lowest BCUT2D eigenvalue weighted by molar-refractivity contribution is -0.128. The van der Waals surface area contributed by atoms with E-state index in [-0.39, 0.29) is 34.0 Å². The number of rotatable bonds is 10. The number of hydrogen-bond acceptors (Lipinski definition) is 6. The van der Waals surface area contributed by atoms with E-state index in [9.17, 15) is 27.2 Å². The number of Topliss-reactive ketones (excluding diaryl/α,β-unsaturated/α-hetero) is 1. The number of ether oxygens (including phenoxy) is 1. The topological polar surface area (TPSA) is 131 Å². The Balaban J connectivity index is 1.46. The lowest BCUT2D eigenvalue weighted by Crippen LogP contribution is -2.54. The van der Waals surface area contributed by atoms with Crippen LogP contribution in [0.25, 0.3) is 0 Å². The fraction of sp³-hybridized carbons (Fsp3) is 0.464. The van der Waals surface area contributed by atoms with Crippen LogP contribution in [0, 0.1) is 11.2 Å². The number of amides is 2. The number of carbonyl (C=O) groups excluding carboxylic acids is 3. The molecule has 3 atom stereocenters. The molecule has 0 spiro atoms. The second-order valence-electron chi connectivity index (χ2n) is 10.6. The molecule has 2 aromatic rings. The smallest absolute Gasteiger partial charge is 0.261 e. The van der Waals surface area contributed by atoms with E-state index in [1.54, 1.807) is 0 Å². The average molecular weight is 560 g/mol. The van der Waals surface area contributed by atoms with Crippen LogP contribution in [0.5, 0.6) is 0 Å². The predicted octanol–water partition coefficient (Wildman–Crippen LogP) is 3.56. The highest BCUT2D eigenvalue weighted by atomic mass is 32.2. The molecule has 4 rings (SSSR count). The van der Waals surface area contributed by atoms with Gasteiger partial charge in [-0.3, -0.25) is 19.1 Å². The second-order valence-corrected chi connectivity index (χ2v) is 12.3. The number of nitrogens with one attached hydrogen (secondary N) is 3. The van der Waals surface area contributed by atoms with E-state index in [0.29, 0.717) is 12.8 Å². The summed E-state index contributed by atoms with van der Waals surface area (Å²) in [7, 11) is -4.02. The summed E-state index contributed by atoms with van der Waals surface area (Å²) >= 11 is 0. The number of ketones is 1. The van der Waals surface area contributed by atoms with Crippen molar-refractivity contribution in [2.75, 3.05) is 11.3 Å². The van der Waals surface area contributed by atoms with E-state index in [2.05, 4.69) is 22.3 Å². The van der Waals surface area contributed by atoms with Crippen LogP contribution < -0.4 is 15.4 Å². The number of anilines is 1. The zero-order chi connectivity index (χ0) is 28.2. The zero-order valence-corrected chi connectivity index (χ0v) is 22.9. The van der Waals surface area contributed by atoms with Crippen LogP contribution in [0.2, 0.25) is 0 Å². The van der Waals surface area contributed by atoms with Crippen LogP contribution in [0.15, 0.2) is 53.4 Å².